The summed E-state index contributed by atoms with van der Waals surface area (Å²) in [5, 5.41) is 1.97. The molecule has 0 atom stereocenters. The molecule has 0 aliphatic carbocycles. The molecule has 4 aromatic carbocycles. The monoisotopic (exact) mass is 487 g/mol. The summed E-state index contributed by atoms with van der Waals surface area (Å²) in [5.74, 6) is 0.587. The van der Waals surface area contributed by atoms with E-state index in [0.717, 1.165) is 49.6 Å². The van der Waals surface area contributed by atoms with Crippen molar-refractivity contribution in [3.63, 3.8) is 0 Å². The molecule has 1 saturated heterocycles. The molecule has 0 amide bonds. The highest BCUT2D eigenvalue weighted by Crippen LogP contribution is 2.38. The normalized spacial score (nSPS) is 16.8. The van der Waals surface area contributed by atoms with Crippen molar-refractivity contribution in [2.45, 2.75) is 38.9 Å². The highest BCUT2D eigenvalue weighted by molar-refractivity contribution is 6.65. The van der Waals surface area contributed by atoms with E-state index in [1.165, 1.54) is 5.56 Å². The Balaban J connectivity index is 1.28. The number of hydrogen-bond acceptors (Lipinski definition) is 5. The van der Waals surface area contributed by atoms with E-state index in [9.17, 15) is 0 Å². The van der Waals surface area contributed by atoms with Crippen molar-refractivity contribution in [1.82, 2.24) is 4.98 Å². The first kappa shape index (κ1) is 22.3. The summed E-state index contributed by atoms with van der Waals surface area (Å²) in [6, 6.07) is 28.6. The summed E-state index contributed by atoms with van der Waals surface area (Å²) >= 11 is 0. The average Bonchev–Trinajstić information content (AvgIpc) is 3.53. The fourth-order valence-electron chi connectivity index (χ4n) is 4.96. The molecule has 2 aromatic heterocycles. The number of rotatable bonds is 3. The predicted molar refractivity (Wildman–Crippen MR) is 148 cm³/mol. The lowest BCUT2D eigenvalue weighted by molar-refractivity contribution is 0.00578. The van der Waals surface area contributed by atoms with Gasteiger partial charge in [-0.1, -0.05) is 60.7 Å². The Labute approximate surface area is 215 Å². The quantitative estimate of drug-likeness (QED) is 0.244. The van der Waals surface area contributed by atoms with Crippen molar-refractivity contribution in [3.8, 4) is 22.6 Å². The molecule has 182 valence electrons. The molecular weight excluding hydrogens is 461 g/mol. The largest absolute Gasteiger partial charge is 0.498 e. The zero-order valence-corrected chi connectivity index (χ0v) is 21.2. The van der Waals surface area contributed by atoms with Crippen LogP contribution in [0.4, 0.5) is 0 Å². The van der Waals surface area contributed by atoms with Gasteiger partial charge in [-0.3, -0.25) is 0 Å². The molecule has 3 heterocycles. The topological polar surface area (TPSA) is 57.6 Å². The van der Waals surface area contributed by atoms with Crippen LogP contribution < -0.4 is 5.46 Å². The van der Waals surface area contributed by atoms with Crippen LogP contribution in [-0.2, 0) is 9.31 Å². The molecule has 1 fully saturated rings. The van der Waals surface area contributed by atoms with Crippen LogP contribution in [0.5, 0.6) is 0 Å². The van der Waals surface area contributed by atoms with Gasteiger partial charge in [0.05, 0.1) is 11.2 Å². The van der Waals surface area contributed by atoms with Gasteiger partial charge in [0, 0.05) is 27.9 Å². The summed E-state index contributed by atoms with van der Waals surface area (Å²) < 4.78 is 25.2. The standard InChI is InChI=1S/C31H26BNO4/c1-30(2)31(3,4)37-32(36-30)24-12-8-11-22-23-17-27-25(18-26(23)34-28(22)24)33-29(35-27)21-15-13-20(14-16-21)19-9-6-5-7-10-19/h5-18H,1-4H3. The first-order valence-corrected chi connectivity index (χ1v) is 12.6. The van der Waals surface area contributed by atoms with E-state index in [1.807, 2.05) is 54.6 Å². The Bertz CT molecular complexity index is 1770. The van der Waals surface area contributed by atoms with Crippen LogP contribution in [0.3, 0.4) is 0 Å². The van der Waals surface area contributed by atoms with Crippen LogP contribution in [0.25, 0.3) is 55.6 Å². The zero-order valence-electron chi connectivity index (χ0n) is 21.2. The van der Waals surface area contributed by atoms with Gasteiger partial charge < -0.3 is 18.1 Å². The van der Waals surface area contributed by atoms with E-state index in [2.05, 4.69) is 58.0 Å². The van der Waals surface area contributed by atoms with Gasteiger partial charge in [-0.15, -0.1) is 0 Å². The molecule has 0 saturated carbocycles. The maximum Gasteiger partial charge on any atom is 0.498 e. The highest BCUT2D eigenvalue weighted by Gasteiger charge is 2.52. The second-order valence-corrected chi connectivity index (χ2v) is 10.7. The number of nitrogens with zero attached hydrogens (tertiary/aromatic N) is 1. The third-order valence-electron chi connectivity index (χ3n) is 7.78. The van der Waals surface area contributed by atoms with Gasteiger partial charge in [-0.05, 0) is 57.0 Å². The van der Waals surface area contributed by atoms with Crippen molar-refractivity contribution in [3.05, 3.63) is 84.9 Å². The van der Waals surface area contributed by atoms with Crippen LogP contribution in [-0.4, -0.2) is 23.3 Å². The minimum atomic E-state index is -0.499. The molecule has 0 unspecified atom stereocenters. The number of benzene rings is 4. The number of para-hydroxylation sites is 1. The molecule has 0 radical (unpaired) electrons. The smallest absolute Gasteiger partial charge is 0.456 e. The van der Waals surface area contributed by atoms with Gasteiger partial charge >= 0.3 is 7.12 Å². The Hall–Kier alpha value is -3.87. The minimum Gasteiger partial charge on any atom is -0.456 e. The third kappa shape index (κ3) is 3.51. The second kappa shape index (κ2) is 7.82. The lowest BCUT2D eigenvalue weighted by atomic mass is 9.78. The van der Waals surface area contributed by atoms with Crippen molar-refractivity contribution in [1.29, 1.82) is 0 Å². The Morgan fingerprint density at radius 3 is 2.03 bits per heavy atom. The van der Waals surface area contributed by atoms with Crippen LogP contribution in [0.2, 0.25) is 0 Å². The second-order valence-electron chi connectivity index (χ2n) is 10.7. The molecule has 5 nitrogen and oxygen atoms in total. The van der Waals surface area contributed by atoms with Gasteiger partial charge in [-0.2, -0.15) is 0 Å². The summed E-state index contributed by atoms with van der Waals surface area (Å²) in [5.41, 5.74) is 6.30. The number of furan rings is 1. The first-order chi connectivity index (χ1) is 17.8. The van der Waals surface area contributed by atoms with E-state index in [4.69, 9.17) is 23.1 Å². The lowest BCUT2D eigenvalue weighted by Gasteiger charge is -2.32. The lowest BCUT2D eigenvalue weighted by Crippen LogP contribution is -2.41. The van der Waals surface area contributed by atoms with Crippen molar-refractivity contribution in [2.75, 3.05) is 0 Å². The summed E-state index contributed by atoms with van der Waals surface area (Å²) in [6.07, 6.45) is 0. The maximum absolute atomic E-state index is 6.38. The molecule has 6 heteroatoms. The van der Waals surface area contributed by atoms with Crippen molar-refractivity contribution in [2.24, 2.45) is 0 Å². The van der Waals surface area contributed by atoms with Crippen LogP contribution in [0.1, 0.15) is 27.7 Å². The summed E-state index contributed by atoms with van der Waals surface area (Å²) in [7, 11) is -0.499. The Kier molecular flexibility index (Phi) is 4.72. The van der Waals surface area contributed by atoms with E-state index < -0.39 is 18.3 Å². The number of aromatic nitrogens is 1. The van der Waals surface area contributed by atoms with Gasteiger partial charge in [0.15, 0.2) is 5.58 Å². The van der Waals surface area contributed by atoms with Gasteiger partial charge in [-0.25, -0.2) is 4.98 Å². The molecule has 6 aromatic rings. The Morgan fingerprint density at radius 1 is 0.622 bits per heavy atom. The molecule has 0 bridgehead atoms. The van der Waals surface area contributed by atoms with E-state index in [1.54, 1.807) is 0 Å². The molecular formula is C31H26BNO4. The van der Waals surface area contributed by atoms with E-state index >= 15 is 0 Å². The SMILES string of the molecule is CC1(C)OB(c2cccc3c2oc2cc4nc(-c5ccc(-c6ccccc6)cc5)oc4cc23)OC1(C)C. The zero-order chi connectivity index (χ0) is 25.4. The van der Waals surface area contributed by atoms with Crippen LogP contribution >= 0.6 is 0 Å². The minimum absolute atomic E-state index is 0.425. The van der Waals surface area contributed by atoms with Crippen LogP contribution in [0.15, 0.2) is 93.8 Å². The summed E-state index contributed by atoms with van der Waals surface area (Å²) in [6.45, 7) is 8.22. The molecule has 1 aliphatic heterocycles. The molecule has 1 aliphatic rings. The van der Waals surface area contributed by atoms with Crippen molar-refractivity contribution >= 4 is 45.6 Å². The number of fused-ring (bicyclic) bond motifs is 4. The molecule has 37 heavy (non-hydrogen) atoms. The van der Waals surface area contributed by atoms with Gasteiger partial charge in [0.1, 0.15) is 16.7 Å². The van der Waals surface area contributed by atoms with E-state index in [0.29, 0.717) is 5.89 Å². The fraction of sp³-hybridized carbons (Fsp3) is 0.194. The maximum atomic E-state index is 6.38. The molecule has 0 N–H and O–H groups in total. The summed E-state index contributed by atoms with van der Waals surface area (Å²) in [4.78, 5) is 4.77. The van der Waals surface area contributed by atoms with E-state index in [-0.39, 0.29) is 0 Å². The highest BCUT2D eigenvalue weighted by atomic mass is 16.7. The average molecular weight is 487 g/mol. The fourth-order valence-corrected chi connectivity index (χ4v) is 4.96. The number of hydrogen-bond donors (Lipinski definition) is 0. The van der Waals surface area contributed by atoms with Gasteiger partial charge in [0.25, 0.3) is 0 Å². The third-order valence-corrected chi connectivity index (χ3v) is 7.78. The predicted octanol–water partition coefficient (Wildman–Crippen LogP) is 7.36. The Morgan fingerprint density at radius 2 is 1.30 bits per heavy atom. The van der Waals surface area contributed by atoms with Crippen molar-refractivity contribution < 1.29 is 18.1 Å². The first-order valence-electron chi connectivity index (χ1n) is 12.6. The van der Waals surface area contributed by atoms with Crippen LogP contribution in [0, 0.1) is 0 Å². The number of oxazole rings is 1. The molecule has 7 rings (SSSR count). The molecule has 0 spiro atoms. The van der Waals surface area contributed by atoms with Gasteiger partial charge in [0.2, 0.25) is 5.89 Å².